The summed E-state index contributed by atoms with van der Waals surface area (Å²) >= 11 is 0. The Morgan fingerprint density at radius 1 is 1.12 bits per heavy atom. The number of anilines is 1. The first-order valence-corrected chi connectivity index (χ1v) is 7.49. The number of carbonyl (C=O) groups excluding carboxylic acids is 2. The van der Waals surface area contributed by atoms with Gasteiger partial charge in [-0.1, -0.05) is 0 Å². The zero-order valence-corrected chi connectivity index (χ0v) is 14.0. The maximum atomic E-state index is 12.2. The summed E-state index contributed by atoms with van der Waals surface area (Å²) in [6.45, 7) is 0.275. The highest BCUT2D eigenvalue weighted by Gasteiger charge is 2.28. The van der Waals surface area contributed by atoms with Crippen LogP contribution in [0.4, 0.5) is 18.9 Å². The van der Waals surface area contributed by atoms with E-state index in [1.807, 2.05) is 0 Å². The van der Waals surface area contributed by atoms with Crippen LogP contribution < -0.4 is 15.4 Å². The van der Waals surface area contributed by atoms with E-state index in [9.17, 15) is 22.8 Å². The van der Waals surface area contributed by atoms with Gasteiger partial charge in [0.2, 0.25) is 5.88 Å². The summed E-state index contributed by atoms with van der Waals surface area (Å²) in [5, 5.41) is 5.16. The molecule has 0 radical (unpaired) electrons. The third kappa shape index (κ3) is 5.20. The van der Waals surface area contributed by atoms with Crippen LogP contribution in [-0.2, 0) is 0 Å². The van der Waals surface area contributed by atoms with Gasteiger partial charge in [0.05, 0.1) is 5.56 Å². The van der Waals surface area contributed by atoms with Crippen LogP contribution in [0.3, 0.4) is 0 Å². The van der Waals surface area contributed by atoms with Crippen molar-refractivity contribution < 1.29 is 27.5 Å². The molecule has 26 heavy (non-hydrogen) atoms. The van der Waals surface area contributed by atoms with Gasteiger partial charge >= 0.3 is 6.18 Å². The normalized spacial score (nSPS) is 11.0. The number of nitrogens with one attached hydrogen (secondary N) is 2. The molecule has 0 aliphatic rings. The van der Waals surface area contributed by atoms with Crippen molar-refractivity contribution in [2.45, 2.75) is 13.1 Å². The van der Waals surface area contributed by atoms with Gasteiger partial charge in [-0.05, 0) is 36.8 Å². The van der Waals surface area contributed by atoms with Crippen molar-refractivity contribution in [1.82, 2.24) is 10.3 Å². The molecular formula is C17H16F3N3O3. The number of rotatable bonds is 5. The van der Waals surface area contributed by atoms with E-state index in [1.54, 1.807) is 25.1 Å². The number of hydrogen-bond acceptors (Lipinski definition) is 4. The molecule has 2 rings (SSSR count). The van der Waals surface area contributed by atoms with Crippen LogP contribution in [0.25, 0.3) is 0 Å². The van der Waals surface area contributed by atoms with Gasteiger partial charge < -0.3 is 15.4 Å². The minimum Gasteiger partial charge on any atom is -0.468 e. The molecule has 0 spiro atoms. The van der Waals surface area contributed by atoms with Crippen LogP contribution in [0.5, 0.6) is 5.88 Å². The van der Waals surface area contributed by atoms with E-state index in [-0.39, 0.29) is 17.4 Å². The molecule has 1 aromatic carbocycles. The molecule has 2 amide bonds. The number of nitrogens with zero attached hydrogens (tertiary/aromatic N) is 1. The van der Waals surface area contributed by atoms with Gasteiger partial charge in [0.15, 0.2) is 6.61 Å². The zero-order valence-electron chi connectivity index (χ0n) is 14.0. The number of ether oxygens (including phenoxy) is 1. The van der Waals surface area contributed by atoms with Gasteiger partial charge in [0.25, 0.3) is 11.8 Å². The topological polar surface area (TPSA) is 80.3 Å². The molecule has 2 aromatic rings. The lowest BCUT2D eigenvalue weighted by atomic mass is 10.1. The molecule has 0 saturated heterocycles. The Bertz CT molecular complexity index is 805. The minimum absolute atomic E-state index is 0.152. The Morgan fingerprint density at radius 3 is 2.35 bits per heavy atom. The number of hydrogen-bond donors (Lipinski definition) is 2. The van der Waals surface area contributed by atoms with E-state index in [0.717, 1.165) is 6.20 Å². The molecule has 0 aliphatic heterocycles. The van der Waals surface area contributed by atoms with Crippen LogP contribution in [0.15, 0.2) is 36.5 Å². The summed E-state index contributed by atoms with van der Waals surface area (Å²) in [7, 11) is 1.52. The van der Waals surface area contributed by atoms with Gasteiger partial charge in [-0.25, -0.2) is 4.98 Å². The van der Waals surface area contributed by atoms with Crippen molar-refractivity contribution in [2.75, 3.05) is 19.0 Å². The summed E-state index contributed by atoms with van der Waals surface area (Å²) in [6.07, 6.45) is -3.34. The quantitative estimate of drug-likeness (QED) is 0.852. The predicted octanol–water partition coefficient (Wildman–Crippen LogP) is 2.94. The van der Waals surface area contributed by atoms with E-state index in [4.69, 9.17) is 0 Å². The zero-order chi connectivity index (χ0) is 19.3. The van der Waals surface area contributed by atoms with Crippen molar-refractivity contribution in [3.63, 3.8) is 0 Å². The number of benzene rings is 1. The molecule has 0 unspecified atom stereocenters. The molecule has 138 valence electrons. The smallest absolute Gasteiger partial charge is 0.422 e. The number of halogens is 3. The Balaban J connectivity index is 2.04. The average molecular weight is 367 g/mol. The molecule has 1 aromatic heterocycles. The van der Waals surface area contributed by atoms with E-state index in [1.165, 1.54) is 19.2 Å². The Kier molecular flexibility index (Phi) is 5.81. The van der Waals surface area contributed by atoms with E-state index < -0.39 is 18.7 Å². The van der Waals surface area contributed by atoms with Crippen molar-refractivity contribution in [2.24, 2.45) is 0 Å². The summed E-state index contributed by atoms with van der Waals surface area (Å²) in [4.78, 5) is 27.5. The Labute approximate surface area is 147 Å². The van der Waals surface area contributed by atoms with Crippen LogP contribution in [-0.4, -0.2) is 36.6 Å². The molecule has 0 aliphatic carbocycles. The number of carbonyl (C=O) groups is 2. The molecule has 0 bridgehead atoms. The molecule has 2 N–H and O–H groups in total. The molecule has 6 nitrogen and oxygen atoms in total. The largest absolute Gasteiger partial charge is 0.468 e. The molecule has 0 saturated carbocycles. The van der Waals surface area contributed by atoms with E-state index >= 15 is 0 Å². The lowest BCUT2D eigenvalue weighted by Gasteiger charge is -2.11. The second-order valence-electron chi connectivity index (χ2n) is 5.35. The average Bonchev–Trinajstić information content (AvgIpc) is 2.60. The lowest BCUT2D eigenvalue weighted by Crippen LogP contribution is -2.20. The maximum absolute atomic E-state index is 12.2. The molecule has 1 heterocycles. The van der Waals surface area contributed by atoms with Crippen molar-refractivity contribution in [3.8, 4) is 5.88 Å². The van der Waals surface area contributed by atoms with Gasteiger partial charge in [-0.15, -0.1) is 0 Å². The van der Waals surface area contributed by atoms with Crippen LogP contribution >= 0.6 is 0 Å². The number of alkyl halides is 3. The van der Waals surface area contributed by atoms with Crippen LogP contribution in [0.2, 0.25) is 0 Å². The van der Waals surface area contributed by atoms with Crippen molar-refractivity contribution in [3.05, 3.63) is 53.2 Å². The number of pyridine rings is 1. The van der Waals surface area contributed by atoms with Crippen molar-refractivity contribution >= 4 is 17.5 Å². The third-order valence-corrected chi connectivity index (χ3v) is 3.35. The van der Waals surface area contributed by atoms with Gasteiger partial charge in [-0.2, -0.15) is 13.2 Å². The molecule has 0 atom stereocenters. The first kappa shape index (κ1) is 19.2. The molecule has 9 heteroatoms. The number of aryl methyl sites for hydroxylation is 1. The minimum atomic E-state index is -4.46. The fraction of sp³-hybridized carbons (Fsp3) is 0.235. The molecular weight excluding hydrogens is 351 g/mol. The van der Waals surface area contributed by atoms with Crippen molar-refractivity contribution in [1.29, 1.82) is 0 Å². The second-order valence-corrected chi connectivity index (χ2v) is 5.35. The van der Waals surface area contributed by atoms with Gasteiger partial charge in [0, 0.05) is 30.6 Å². The first-order chi connectivity index (χ1) is 12.2. The highest BCUT2D eigenvalue weighted by molar-refractivity contribution is 6.05. The summed E-state index contributed by atoms with van der Waals surface area (Å²) in [5.74, 6) is -0.967. The fourth-order valence-corrected chi connectivity index (χ4v) is 2.04. The van der Waals surface area contributed by atoms with Crippen LogP contribution in [0, 0.1) is 6.92 Å². The number of aromatic nitrogens is 1. The summed E-state index contributed by atoms with van der Waals surface area (Å²) in [5.41, 5.74) is 1.78. The monoisotopic (exact) mass is 367 g/mol. The summed E-state index contributed by atoms with van der Waals surface area (Å²) in [6, 6.07) is 7.27. The summed E-state index contributed by atoms with van der Waals surface area (Å²) < 4.78 is 40.7. The van der Waals surface area contributed by atoms with Gasteiger partial charge in [0.1, 0.15) is 0 Å². The lowest BCUT2D eigenvalue weighted by molar-refractivity contribution is -0.154. The van der Waals surface area contributed by atoms with E-state index in [0.29, 0.717) is 16.8 Å². The van der Waals surface area contributed by atoms with E-state index in [2.05, 4.69) is 20.4 Å². The highest BCUT2D eigenvalue weighted by atomic mass is 19.4. The first-order valence-electron chi connectivity index (χ1n) is 7.49. The van der Waals surface area contributed by atoms with Crippen LogP contribution in [0.1, 0.15) is 26.3 Å². The highest BCUT2D eigenvalue weighted by Crippen LogP contribution is 2.19. The maximum Gasteiger partial charge on any atom is 0.422 e. The SMILES string of the molecule is CNC(=O)c1ccc(NC(=O)c2ccc(OCC(F)(F)F)nc2)c(C)c1. The third-order valence-electron chi connectivity index (χ3n) is 3.35. The second kappa shape index (κ2) is 7.85. The Hall–Kier alpha value is -3.10. The fourth-order valence-electron chi connectivity index (χ4n) is 2.04. The standard InChI is InChI=1S/C17H16F3N3O3/c1-10-7-11(15(24)21-2)3-5-13(10)23-16(25)12-4-6-14(22-8-12)26-9-17(18,19)20/h3-8H,9H2,1-2H3,(H,21,24)(H,23,25). The van der Waals surface area contributed by atoms with Gasteiger partial charge in [-0.3, -0.25) is 9.59 Å². The molecule has 0 fully saturated rings. The predicted molar refractivity (Wildman–Crippen MR) is 88.3 cm³/mol. The Morgan fingerprint density at radius 2 is 1.81 bits per heavy atom. The number of amides is 2.